The Morgan fingerprint density at radius 3 is 2.48 bits per heavy atom. The summed E-state index contributed by atoms with van der Waals surface area (Å²) in [5.74, 6) is -0.459. The number of aromatic hydroxyl groups is 1. The number of rotatable bonds is 3. The van der Waals surface area contributed by atoms with Gasteiger partial charge in [-0.15, -0.1) is 0 Å². The van der Waals surface area contributed by atoms with E-state index in [-0.39, 0.29) is 41.2 Å². The quantitative estimate of drug-likeness (QED) is 0.522. The maximum atomic E-state index is 12.5. The lowest BCUT2D eigenvalue weighted by atomic mass is 9.85. The van der Waals surface area contributed by atoms with E-state index in [4.69, 9.17) is 4.74 Å². The van der Waals surface area contributed by atoms with E-state index in [1.807, 2.05) is 12.2 Å². The van der Waals surface area contributed by atoms with Gasteiger partial charge in [0, 0.05) is 5.56 Å². The molecule has 0 unspecified atom stereocenters. The Hall–Kier alpha value is -2.63. The number of allylic oxidation sites excluding steroid dienone is 2. The predicted molar refractivity (Wildman–Crippen MR) is 81.8 cm³/mol. The molecular formula is C17H16N2O4. The Morgan fingerprint density at radius 2 is 1.87 bits per heavy atom. The predicted octanol–water partition coefficient (Wildman–Crippen LogP) is 1.54. The Bertz CT molecular complexity index is 725. The second kappa shape index (κ2) is 4.94. The van der Waals surface area contributed by atoms with E-state index in [9.17, 15) is 14.7 Å². The number of para-hydroxylation sites is 1. The minimum absolute atomic E-state index is 0.0697. The van der Waals surface area contributed by atoms with Crippen molar-refractivity contribution >= 4 is 18.0 Å². The number of phenols is 1. The molecule has 3 aliphatic rings. The van der Waals surface area contributed by atoms with Crippen LogP contribution in [0.15, 0.2) is 35.5 Å². The van der Waals surface area contributed by atoms with E-state index in [0.29, 0.717) is 11.3 Å². The van der Waals surface area contributed by atoms with Crippen LogP contribution in [-0.2, 0) is 9.59 Å². The number of amides is 2. The van der Waals surface area contributed by atoms with Gasteiger partial charge in [-0.05, 0) is 30.4 Å². The molecule has 4 rings (SSSR count). The van der Waals surface area contributed by atoms with Gasteiger partial charge in [0.2, 0.25) is 0 Å². The van der Waals surface area contributed by atoms with Gasteiger partial charge in [0.05, 0.1) is 25.2 Å². The number of benzene rings is 1. The van der Waals surface area contributed by atoms with Crippen molar-refractivity contribution in [2.45, 2.75) is 6.42 Å². The molecule has 0 aromatic heterocycles. The number of hydrogen-bond donors (Lipinski definition) is 1. The zero-order valence-electron chi connectivity index (χ0n) is 12.5. The first-order valence-corrected chi connectivity index (χ1v) is 7.58. The lowest BCUT2D eigenvalue weighted by molar-refractivity contribution is -0.140. The first kappa shape index (κ1) is 14.0. The molecule has 2 amide bonds. The monoisotopic (exact) mass is 312 g/mol. The van der Waals surface area contributed by atoms with Crippen molar-refractivity contribution in [2.24, 2.45) is 28.8 Å². The highest BCUT2D eigenvalue weighted by molar-refractivity contribution is 6.06. The number of hydrazone groups is 1. The minimum Gasteiger partial charge on any atom is -0.504 e. The fourth-order valence-corrected chi connectivity index (χ4v) is 3.93. The molecule has 1 N–H and O–H groups in total. The molecule has 4 atom stereocenters. The second-order valence-electron chi connectivity index (χ2n) is 6.13. The molecule has 1 saturated heterocycles. The smallest absolute Gasteiger partial charge is 0.254 e. The Morgan fingerprint density at radius 1 is 1.22 bits per heavy atom. The van der Waals surface area contributed by atoms with Crippen LogP contribution in [0.3, 0.4) is 0 Å². The average Bonchev–Trinajstić information content (AvgIpc) is 3.22. The lowest BCUT2D eigenvalue weighted by Gasteiger charge is -2.13. The summed E-state index contributed by atoms with van der Waals surface area (Å²) < 4.78 is 5.03. The maximum absolute atomic E-state index is 12.5. The van der Waals surface area contributed by atoms with Crippen LogP contribution in [-0.4, -0.2) is 35.3 Å². The van der Waals surface area contributed by atoms with Gasteiger partial charge in [-0.1, -0.05) is 18.2 Å². The molecule has 1 aromatic carbocycles. The third-order valence-electron chi connectivity index (χ3n) is 5.01. The van der Waals surface area contributed by atoms with E-state index in [2.05, 4.69) is 5.10 Å². The summed E-state index contributed by atoms with van der Waals surface area (Å²) in [6.45, 7) is 0. The number of imide groups is 1. The van der Waals surface area contributed by atoms with Gasteiger partial charge in [0.1, 0.15) is 0 Å². The van der Waals surface area contributed by atoms with Crippen LogP contribution in [0, 0.1) is 23.7 Å². The standard InChI is InChI=1S/C17H16N2O4/c1-23-12-4-2-3-11(15(12)20)8-18-19-16(21)13-9-5-6-10(7-9)14(13)17(19)22/h2-6,8-10,13-14,20H,7H2,1H3/t9-,10-,13-,14+/m0/s1. The highest BCUT2D eigenvalue weighted by atomic mass is 16.5. The molecule has 6 nitrogen and oxygen atoms in total. The van der Waals surface area contributed by atoms with Crippen molar-refractivity contribution in [3.8, 4) is 11.5 Å². The number of nitrogens with zero attached hydrogens (tertiary/aromatic N) is 2. The van der Waals surface area contributed by atoms with Crippen LogP contribution in [0.2, 0.25) is 0 Å². The normalized spacial score (nSPS) is 31.4. The summed E-state index contributed by atoms with van der Waals surface area (Å²) in [6.07, 6.45) is 6.29. The Kier molecular flexibility index (Phi) is 3.01. The first-order chi connectivity index (χ1) is 11.1. The van der Waals surface area contributed by atoms with Crippen LogP contribution < -0.4 is 4.74 Å². The number of carbonyl (C=O) groups excluding carboxylic acids is 2. The fraction of sp³-hybridized carbons (Fsp3) is 0.353. The summed E-state index contributed by atoms with van der Waals surface area (Å²) in [5.41, 5.74) is 0.392. The van der Waals surface area contributed by atoms with Gasteiger partial charge < -0.3 is 9.84 Å². The van der Waals surface area contributed by atoms with E-state index in [0.717, 1.165) is 11.4 Å². The maximum Gasteiger partial charge on any atom is 0.254 e. The number of carbonyl (C=O) groups is 2. The summed E-state index contributed by atoms with van der Waals surface area (Å²) in [6, 6.07) is 4.96. The van der Waals surface area contributed by atoms with Gasteiger partial charge in [-0.3, -0.25) is 9.59 Å². The van der Waals surface area contributed by atoms with Crippen LogP contribution in [0.4, 0.5) is 0 Å². The van der Waals surface area contributed by atoms with Crippen molar-refractivity contribution in [3.63, 3.8) is 0 Å². The number of phenolic OH excluding ortho intramolecular Hbond substituents is 1. The molecular weight excluding hydrogens is 296 g/mol. The van der Waals surface area contributed by atoms with Gasteiger partial charge >= 0.3 is 0 Å². The summed E-state index contributed by atoms with van der Waals surface area (Å²) in [4.78, 5) is 25.0. The summed E-state index contributed by atoms with van der Waals surface area (Å²) in [5, 5.41) is 15.0. The van der Waals surface area contributed by atoms with Crippen LogP contribution in [0.1, 0.15) is 12.0 Å². The molecule has 23 heavy (non-hydrogen) atoms. The van der Waals surface area contributed by atoms with E-state index in [1.54, 1.807) is 18.2 Å². The zero-order chi connectivity index (χ0) is 16.1. The first-order valence-electron chi connectivity index (χ1n) is 7.58. The van der Waals surface area contributed by atoms with Gasteiger partial charge in [-0.2, -0.15) is 10.1 Å². The largest absolute Gasteiger partial charge is 0.504 e. The molecule has 2 aliphatic carbocycles. The third kappa shape index (κ3) is 1.91. The van der Waals surface area contributed by atoms with Gasteiger partial charge in [0.25, 0.3) is 11.8 Å². The lowest BCUT2D eigenvalue weighted by Crippen LogP contribution is -2.28. The van der Waals surface area contributed by atoms with Crippen molar-refractivity contribution in [1.82, 2.24) is 5.01 Å². The number of methoxy groups -OCH3 is 1. The number of fused-ring (bicyclic) bond motifs is 5. The highest BCUT2D eigenvalue weighted by Gasteiger charge is 2.59. The number of hydrogen-bond acceptors (Lipinski definition) is 5. The van der Waals surface area contributed by atoms with Crippen molar-refractivity contribution in [1.29, 1.82) is 0 Å². The van der Waals surface area contributed by atoms with E-state index in [1.165, 1.54) is 13.3 Å². The summed E-state index contributed by atoms with van der Waals surface area (Å²) >= 11 is 0. The zero-order valence-corrected chi connectivity index (χ0v) is 12.5. The average molecular weight is 312 g/mol. The van der Waals surface area contributed by atoms with Gasteiger partial charge in [-0.25, -0.2) is 0 Å². The molecule has 2 fully saturated rings. The molecule has 6 heteroatoms. The highest BCUT2D eigenvalue weighted by Crippen LogP contribution is 2.52. The molecule has 1 saturated carbocycles. The van der Waals surface area contributed by atoms with Gasteiger partial charge in [0.15, 0.2) is 11.5 Å². The van der Waals surface area contributed by atoms with Crippen molar-refractivity contribution < 1.29 is 19.4 Å². The SMILES string of the molecule is COc1cccc(C=NN2C(=O)[C@@H]3[C@H](C2=O)[C@H]2C=C[C@H]3C2)c1O. The Labute approximate surface area is 133 Å². The van der Waals surface area contributed by atoms with Crippen LogP contribution in [0.25, 0.3) is 0 Å². The third-order valence-corrected chi connectivity index (χ3v) is 5.01. The molecule has 0 radical (unpaired) electrons. The van der Waals surface area contributed by atoms with E-state index >= 15 is 0 Å². The van der Waals surface area contributed by atoms with Crippen LogP contribution in [0.5, 0.6) is 11.5 Å². The fourth-order valence-electron chi connectivity index (χ4n) is 3.93. The van der Waals surface area contributed by atoms with E-state index < -0.39 is 0 Å². The van der Waals surface area contributed by atoms with Crippen molar-refractivity contribution in [3.05, 3.63) is 35.9 Å². The number of ether oxygens (including phenoxy) is 1. The molecule has 118 valence electrons. The minimum atomic E-state index is -0.270. The Balaban J connectivity index is 1.61. The summed E-state index contributed by atoms with van der Waals surface area (Å²) in [7, 11) is 1.45. The second-order valence-corrected chi connectivity index (χ2v) is 6.13. The molecule has 1 aliphatic heterocycles. The molecule has 1 aromatic rings. The van der Waals surface area contributed by atoms with Crippen molar-refractivity contribution in [2.75, 3.05) is 7.11 Å². The topological polar surface area (TPSA) is 79.2 Å². The molecule has 1 heterocycles. The van der Waals surface area contributed by atoms with Crippen LogP contribution >= 0.6 is 0 Å². The molecule has 2 bridgehead atoms. The molecule has 0 spiro atoms.